The lowest BCUT2D eigenvalue weighted by Crippen LogP contribution is -2.53. The van der Waals surface area contributed by atoms with Crippen molar-refractivity contribution < 1.29 is 24.2 Å². The number of aliphatic carboxylic acids is 1. The Morgan fingerprint density at radius 2 is 1.17 bits per heavy atom. The summed E-state index contributed by atoms with van der Waals surface area (Å²) in [5.41, 5.74) is 2.45. The fourth-order valence-electron chi connectivity index (χ4n) is 4.97. The first-order valence-electron chi connectivity index (χ1n) is 13.4. The predicted octanol–water partition coefficient (Wildman–Crippen LogP) is 5.64. The van der Waals surface area contributed by atoms with Gasteiger partial charge >= 0.3 is 12.1 Å². The Bertz CT molecular complexity index is 1620. The summed E-state index contributed by atoms with van der Waals surface area (Å²) in [7, 11) is 0. The van der Waals surface area contributed by atoms with Gasteiger partial charge in [0.2, 0.25) is 5.91 Å². The van der Waals surface area contributed by atoms with Crippen LogP contribution >= 0.6 is 0 Å². The van der Waals surface area contributed by atoms with Crippen LogP contribution < -0.4 is 10.6 Å². The molecular weight excluding hydrogens is 516 g/mol. The zero-order valence-electron chi connectivity index (χ0n) is 22.3. The van der Waals surface area contributed by atoms with E-state index in [4.69, 9.17) is 4.74 Å². The Morgan fingerprint density at radius 1 is 0.634 bits per heavy atom. The van der Waals surface area contributed by atoms with Crippen molar-refractivity contribution in [3.8, 4) is 0 Å². The topological polar surface area (TPSA) is 105 Å². The molecule has 0 saturated heterocycles. The largest absolute Gasteiger partial charge is 0.480 e. The standard InChI is InChI=1S/C34H30N2O5/c37-32(30(19-23-11-3-1-4-12-23)36-34(40)41-22-24-13-5-2-6-14-24)35-31(33(38)39)21-29-27-17-9-7-15-25(27)20-26-16-8-10-18-28(26)29/h1-18,20,30-31H,19,21-22H2,(H,35,37)(H,36,40)(H,38,39)/t30-,31-/m1/s1. The molecule has 2 amide bonds. The molecule has 0 aliphatic heterocycles. The van der Waals surface area contributed by atoms with Crippen molar-refractivity contribution in [2.24, 2.45) is 0 Å². The molecule has 0 saturated carbocycles. The number of rotatable bonds is 10. The molecule has 2 atom stereocenters. The van der Waals surface area contributed by atoms with Gasteiger partial charge in [-0.25, -0.2) is 9.59 Å². The third kappa shape index (κ3) is 6.89. The summed E-state index contributed by atoms with van der Waals surface area (Å²) in [4.78, 5) is 38.7. The van der Waals surface area contributed by atoms with E-state index in [1.54, 1.807) is 0 Å². The summed E-state index contributed by atoms with van der Waals surface area (Å²) >= 11 is 0. The molecule has 0 aliphatic rings. The number of amides is 2. The van der Waals surface area contributed by atoms with Crippen LogP contribution in [0.3, 0.4) is 0 Å². The highest BCUT2D eigenvalue weighted by molar-refractivity contribution is 6.03. The smallest absolute Gasteiger partial charge is 0.408 e. The van der Waals surface area contributed by atoms with E-state index < -0.39 is 30.1 Å². The van der Waals surface area contributed by atoms with Crippen molar-refractivity contribution in [3.05, 3.63) is 132 Å². The summed E-state index contributed by atoms with van der Waals surface area (Å²) in [5, 5.41) is 19.3. The molecule has 0 unspecified atom stereocenters. The minimum Gasteiger partial charge on any atom is -0.480 e. The normalized spacial score (nSPS) is 12.4. The summed E-state index contributed by atoms with van der Waals surface area (Å²) in [6.45, 7) is 0.0399. The van der Waals surface area contributed by atoms with Gasteiger partial charge in [-0.1, -0.05) is 109 Å². The Morgan fingerprint density at radius 3 is 1.76 bits per heavy atom. The minimum atomic E-state index is -1.22. The van der Waals surface area contributed by atoms with Gasteiger partial charge in [0.15, 0.2) is 0 Å². The van der Waals surface area contributed by atoms with E-state index in [0.29, 0.717) is 0 Å². The Kier molecular flexibility index (Phi) is 8.55. The van der Waals surface area contributed by atoms with E-state index in [-0.39, 0.29) is 19.4 Å². The molecule has 41 heavy (non-hydrogen) atoms. The molecule has 0 heterocycles. The number of carboxylic acid groups (broad SMARTS) is 1. The monoisotopic (exact) mass is 546 g/mol. The van der Waals surface area contributed by atoms with Crippen molar-refractivity contribution >= 4 is 39.5 Å². The van der Waals surface area contributed by atoms with Gasteiger partial charge in [0.05, 0.1) is 0 Å². The number of benzene rings is 5. The molecule has 0 spiro atoms. The number of nitrogens with one attached hydrogen (secondary N) is 2. The van der Waals surface area contributed by atoms with E-state index in [9.17, 15) is 19.5 Å². The second-order valence-electron chi connectivity index (χ2n) is 9.85. The van der Waals surface area contributed by atoms with Crippen LogP contribution in [0.15, 0.2) is 115 Å². The number of hydrogen-bond donors (Lipinski definition) is 3. The molecule has 0 aromatic heterocycles. The van der Waals surface area contributed by atoms with Crippen molar-refractivity contribution in [3.63, 3.8) is 0 Å². The summed E-state index contributed by atoms with van der Waals surface area (Å²) in [6.07, 6.45) is -0.535. The van der Waals surface area contributed by atoms with Crippen molar-refractivity contribution in [2.75, 3.05) is 0 Å². The summed E-state index contributed by atoms with van der Waals surface area (Å²) in [5.74, 6) is -1.78. The van der Waals surface area contributed by atoms with Gasteiger partial charge in [-0.2, -0.15) is 0 Å². The highest BCUT2D eigenvalue weighted by Gasteiger charge is 2.28. The fourth-order valence-corrected chi connectivity index (χ4v) is 4.97. The average Bonchev–Trinajstić information content (AvgIpc) is 3.00. The first kappa shape index (κ1) is 27.4. The van der Waals surface area contributed by atoms with Gasteiger partial charge in [-0.3, -0.25) is 4.79 Å². The Hall–Kier alpha value is -5.17. The van der Waals surface area contributed by atoms with Crippen molar-refractivity contribution in [1.29, 1.82) is 0 Å². The number of hydrogen-bond acceptors (Lipinski definition) is 4. The lowest BCUT2D eigenvalue weighted by Gasteiger charge is -2.22. The highest BCUT2D eigenvalue weighted by atomic mass is 16.5. The van der Waals surface area contributed by atoms with E-state index in [0.717, 1.165) is 38.2 Å². The first-order chi connectivity index (χ1) is 20.0. The lowest BCUT2D eigenvalue weighted by atomic mass is 9.92. The number of carbonyl (C=O) groups is 3. The minimum absolute atomic E-state index is 0.0399. The van der Waals surface area contributed by atoms with Crippen LogP contribution in [-0.2, 0) is 33.8 Å². The van der Waals surface area contributed by atoms with Crippen LogP contribution in [0.2, 0.25) is 0 Å². The molecule has 5 rings (SSSR count). The van der Waals surface area contributed by atoms with Gasteiger partial charge in [0.25, 0.3) is 0 Å². The van der Waals surface area contributed by atoms with Crippen molar-refractivity contribution in [1.82, 2.24) is 10.6 Å². The average molecular weight is 547 g/mol. The molecule has 7 nitrogen and oxygen atoms in total. The van der Waals surface area contributed by atoms with Crippen LogP contribution in [0.25, 0.3) is 21.5 Å². The third-order valence-corrected chi connectivity index (χ3v) is 7.01. The molecule has 5 aromatic carbocycles. The lowest BCUT2D eigenvalue weighted by molar-refractivity contribution is -0.142. The zero-order valence-corrected chi connectivity index (χ0v) is 22.3. The molecule has 0 fully saturated rings. The van der Waals surface area contributed by atoms with E-state index in [1.165, 1.54) is 0 Å². The Labute approximate surface area is 237 Å². The molecule has 206 valence electrons. The fraction of sp³-hybridized carbons (Fsp3) is 0.147. The predicted molar refractivity (Wildman–Crippen MR) is 158 cm³/mol. The summed E-state index contributed by atoms with van der Waals surface area (Å²) in [6, 6.07) is 33.8. The second-order valence-corrected chi connectivity index (χ2v) is 9.85. The number of alkyl carbamates (subject to hydrolysis) is 1. The first-order valence-corrected chi connectivity index (χ1v) is 13.4. The van der Waals surface area contributed by atoms with E-state index in [2.05, 4.69) is 16.7 Å². The van der Waals surface area contributed by atoms with Gasteiger partial charge in [0.1, 0.15) is 18.7 Å². The maximum atomic E-state index is 13.5. The number of ether oxygens (including phenoxy) is 1. The number of carbonyl (C=O) groups excluding carboxylic acids is 2. The van der Waals surface area contributed by atoms with Crippen molar-refractivity contribution in [2.45, 2.75) is 31.5 Å². The molecule has 0 radical (unpaired) electrons. The quantitative estimate of drug-likeness (QED) is 0.197. The molecule has 3 N–H and O–H groups in total. The second kappa shape index (κ2) is 12.8. The number of carboxylic acids is 1. The van der Waals surface area contributed by atoms with Gasteiger partial charge in [-0.05, 0) is 44.3 Å². The Balaban J connectivity index is 1.38. The zero-order chi connectivity index (χ0) is 28.6. The summed E-state index contributed by atoms with van der Waals surface area (Å²) < 4.78 is 5.34. The molecular formula is C34H30N2O5. The SMILES string of the molecule is O=C(N[C@H](Cc1ccccc1)C(=O)N[C@H](Cc1c2ccccc2cc2ccccc12)C(=O)O)OCc1ccccc1. The van der Waals surface area contributed by atoms with Crippen LogP contribution in [0, 0.1) is 0 Å². The van der Waals surface area contributed by atoms with Crippen LogP contribution in [-0.4, -0.2) is 35.2 Å². The van der Waals surface area contributed by atoms with Gasteiger partial charge < -0.3 is 20.5 Å². The van der Waals surface area contributed by atoms with Crippen LogP contribution in [0.5, 0.6) is 0 Å². The maximum Gasteiger partial charge on any atom is 0.408 e. The van der Waals surface area contributed by atoms with E-state index in [1.807, 2.05) is 109 Å². The third-order valence-electron chi connectivity index (χ3n) is 7.01. The number of fused-ring (bicyclic) bond motifs is 2. The maximum absolute atomic E-state index is 13.5. The highest BCUT2D eigenvalue weighted by Crippen LogP contribution is 2.29. The molecule has 0 bridgehead atoms. The molecule has 7 heteroatoms. The van der Waals surface area contributed by atoms with Crippen LogP contribution in [0.1, 0.15) is 16.7 Å². The molecule has 0 aliphatic carbocycles. The van der Waals surface area contributed by atoms with Crippen LogP contribution in [0.4, 0.5) is 4.79 Å². The van der Waals surface area contributed by atoms with Gasteiger partial charge in [0, 0.05) is 12.8 Å². The van der Waals surface area contributed by atoms with Gasteiger partial charge in [-0.15, -0.1) is 0 Å². The molecule has 5 aromatic rings. The van der Waals surface area contributed by atoms with E-state index >= 15 is 0 Å².